The Bertz CT molecular complexity index is 864. The number of hydrogen-bond donors (Lipinski definition) is 1. The third-order valence-electron chi connectivity index (χ3n) is 4.30. The molecule has 1 aliphatic heterocycles. The number of carbonyl (C=O) groups excluding carboxylic acids is 2. The molecule has 2 amide bonds. The van der Waals surface area contributed by atoms with Crippen molar-refractivity contribution in [2.75, 3.05) is 16.8 Å². The van der Waals surface area contributed by atoms with Crippen LogP contribution < -0.4 is 15.0 Å². The van der Waals surface area contributed by atoms with Gasteiger partial charge in [0, 0.05) is 23.1 Å². The molecule has 0 radical (unpaired) electrons. The molecule has 1 aliphatic rings. The van der Waals surface area contributed by atoms with E-state index in [1.54, 1.807) is 18.7 Å². The standard InChI is InChI=1S/C20H21BrN2O3/c1-13-8-9-14(12-15(13)21)22-18(24)10-11-23-16-6-4-5-7-17(16)26-20(2,3)19(23)25/h4-9,12H,10-11H2,1-3H3,(H,22,24). The number of benzene rings is 2. The lowest BCUT2D eigenvalue weighted by molar-refractivity contribution is -0.132. The number of rotatable bonds is 4. The highest BCUT2D eigenvalue weighted by molar-refractivity contribution is 9.10. The van der Waals surface area contributed by atoms with E-state index in [4.69, 9.17) is 4.74 Å². The van der Waals surface area contributed by atoms with Crippen LogP contribution in [-0.2, 0) is 9.59 Å². The third kappa shape index (κ3) is 3.75. The second kappa shape index (κ2) is 7.11. The number of halogens is 1. The van der Waals surface area contributed by atoms with Gasteiger partial charge in [-0.1, -0.05) is 34.1 Å². The maximum atomic E-state index is 12.7. The van der Waals surface area contributed by atoms with Crippen molar-refractivity contribution in [1.82, 2.24) is 0 Å². The molecule has 26 heavy (non-hydrogen) atoms. The maximum Gasteiger partial charge on any atom is 0.270 e. The number of nitrogens with zero attached hydrogens (tertiary/aromatic N) is 1. The minimum absolute atomic E-state index is 0.143. The summed E-state index contributed by atoms with van der Waals surface area (Å²) >= 11 is 3.46. The monoisotopic (exact) mass is 416 g/mol. The minimum atomic E-state index is -0.952. The van der Waals surface area contributed by atoms with E-state index in [0.29, 0.717) is 18.0 Å². The predicted molar refractivity (Wildman–Crippen MR) is 106 cm³/mol. The van der Waals surface area contributed by atoms with Gasteiger partial charge in [-0.25, -0.2) is 0 Å². The summed E-state index contributed by atoms with van der Waals surface area (Å²) in [5, 5.41) is 2.87. The lowest BCUT2D eigenvalue weighted by Crippen LogP contribution is -2.53. The quantitative estimate of drug-likeness (QED) is 0.808. The molecule has 1 N–H and O–H groups in total. The van der Waals surface area contributed by atoms with Crippen molar-refractivity contribution in [1.29, 1.82) is 0 Å². The Labute approximate surface area is 161 Å². The van der Waals surface area contributed by atoms with Crippen LogP contribution in [0.25, 0.3) is 0 Å². The lowest BCUT2D eigenvalue weighted by Gasteiger charge is -2.38. The Morgan fingerprint density at radius 3 is 2.69 bits per heavy atom. The molecule has 136 valence electrons. The number of carbonyl (C=O) groups is 2. The van der Waals surface area contributed by atoms with Crippen LogP contribution >= 0.6 is 15.9 Å². The molecule has 2 aromatic rings. The van der Waals surface area contributed by atoms with Crippen LogP contribution in [-0.4, -0.2) is 24.0 Å². The van der Waals surface area contributed by atoms with E-state index >= 15 is 0 Å². The van der Waals surface area contributed by atoms with Crippen LogP contribution in [0.5, 0.6) is 5.75 Å². The molecule has 6 heteroatoms. The number of amides is 2. The Morgan fingerprint density at radius 1 is 1.23 bits per heavy atom. The fourth-order valence-corrected chi connectivity index (χ4v) is 3.23. The Kier molecular flexibility index (Phi) is 5.05. The Hall–Kier alpha value is -2.34. The molecule has 2 aromatic carbocycles. The van der Waals surface area contributed by atoms with Crippen LogP contribution in [0.1, 0.15) is 25.8 Å². The number of para-hydroxylation sites is 2. The number of hydrogen-bond acceptors (Lipinski definition) is 3. The average Bonchev–Trinajstić information content (AvgIpc) is 2.58. The van der Waals surface area contributed by atoms with Gasteiger partial charge in [-0.3, -0.25) is 9.59 Å². The predicted octanol–water partition coefficient (Wildman–Crippen LogP) is 4.29. The summed E-state index contributed by atoms with van der Waals surface area (Å²) in [6.45, 7) is 5.75. The molecule has 3 rings (SSSR count). The largest absolute Gasteiger partial charge is 0.476 e. The van der Waals surface area contributed by atoms with E-state index in [0.717, 1.165) is 15.7 Å². The first-order valence-corrected chi connectivity index (χ1v) is 9.23. The van der Waals surface area contributed by atoms with Crippen LogP contribution in [0.2, 0.25) is 0 Å². The molecule has 0 aliphatic carbocycles. The topological polar surface area (TPSA) is 58.6 Å². The van der Waals surface area contributed by atoms with Crippen molar-refractivity contribution in [2.24, 2.45) is 0 Å². The summed E-state index contributed by atoms with van der Waals surface area (Å²) in [4.78, 5) is 26.7. The van der Waals surface area contributed by atoms with Crippen molar-refractivity contribution in [2.45, 2.75) is 32.8 Å². The van der Waals surface area contributed by atoms with Gasteiger partial charge in [0.1, 0.15) is 5.75 Å². The molecule has 5 nitrogen and oxygen atoms in total. The van der Waals surface area contributed by atoms with Crippen LogP contribution in [0.15, 0.2) is 46.9 Å². The maximum absolute atomic E-state index is 12.7. The van der Waals surface area contributed by atoms with Crippen LogP contribution in [0.3, 0.4) is 0 Å². The second-order valence-electron chi connectivity index (χ2n) is 6.80. The van der Waals surface area contributed by atoms with Gasteiger partial charge in [0.25, 0.3) is 5.91 Å². The van der Waals surface area contributed by atoms with E-state index in [1.807, 2.05) is 49.4 Å². The van der Waals surface area contributed by atoms with E-state index in [2.05, 4.69) is 21.2 Å². The van der Waals surface area contributed by atoms with Crippen molar-refractivity contribution < 1.29 is 14.3 Å². The Morgan fingerprint density at radius 2 is 1.96 bits per heavy atom. The van der Waals surface area contributed by atoms with E-state index in [1.165, 1.54) is 0 Å². The number of anilines is 2. The highest BCUT2D eigenvalue weighted by Crippen LogP contribution is 2.37. The number of nitrogens with one attached hydrogen (secondary N) is 1. The molecular formula is C20H21BrN2O3. The third-order valence-corrected chi connectivity index (χ3v) is 5.15. The molecule has 0 atom stereocenters. The smallest absolute Gasteiger partial charge is 0.270 e. The van der Waals surface area contributed by atoms with Gasteiger partial charge in [-0.15, -0.1) is 0 Å². The van der Waals surface area contributed by atoms with E-state index < -0.39 is 5.60 Å². The SMILES string of the molecule is Cc1ccc(NC(=O)CCN2C(=O)C(C)(C)Oc3ccccc32)cc1Br. The molecule has 0 spiro atoms. The Balaban J connectivity index is 1.71. The van der Waals surface area contributed by atoms with Crippen molar-refractivity contribution in [3.63, 3.8) is 0 Å². The first-order chi connectivity index (χ1) is 12.3. The summed E-state index contributed by atoms with van der Waals surface area (Å²) in [5.41, 5.74) is 1.57. The molecule has 0 fully saturated rings. The van der Waals surface area contributed by atoms with E-state index in [-0.39, 0.29) is 18.2 Å². The summed E-state index contributed by atoms with van der Waals surface area (Å²) in [5.74, 6) is 0.359. The molecular weight excluding hydrogens is 396 g/mol. The van der Waals surface area contributed by atoms with Gasteiger partial charge in [-0.05, 0) is 50.6 Å². The number of fused-ring (bicyclic) bond motifs is 1. The fraction of sp³-hybridized carbons (Fsp3) is 0.300. The molecule has 0 bridgehead atoms. The van der Waals surface area contributed by atoms with E-state index in [9.17, 15) is 9.59 Å². The zero-order valence-corrected chi connectivity index (χ0v) is 16.6. The molecule has 0 saturated carbocycles. The summed E-state index contributed by atoms with van der Waals surface area (Å²) in [6, 6.07) is 13.0. The van der Waals surface area contributed by atoms with Crippen molar-refractivity contribution >= 4 is 39.1 Å². The zero-order valence-electron chi connectivity index (χ0n) is 15.0. The summed E-state index contributed by atoms with van der Waals surface area (Å²) in [7, 11) is 0. The van der Waals surface area contributed by atoms with Gasteiger partial charge in [-0.2, -0.15) is 0 Å². The number of aryl methyl sites for hydroxylation is 1. The van der Waals surface area contributed by atoms with Crippen molar-refractivity contribution in [3.05, 3.63) is 52.5 Å². The lowest BCUT2D eigenvalue weighted by atomic mass is 10.0. The summed E-state index contributed by atoms with van der Waals surface area (Å²) in [6.07, 6.45) is 0.196. The van der Waals surface area contributed by atoms with Gasteiger partial charge < -0.3 is 15.0 Å². The van der Waals surface area contributed by atoms with Crippen LogP contribution in [0.4, 0.5) is 11.4 Å². The zero-order chi connectivity index (χ0) is 18.9. The average molecular weight is 417 g/mol. The molecule has 0 aromatic heterocycles. The van der Waals surface area contributed by atoms with Crippen molar-refractivity contribution in [3.8, 4) is 5.75 Å². The van der Waals surface area contributed by atoms with Gasteiger partial charge in [0.05, 0.1) is 5.69 Å². The fourth-order valence-electron chi connectivity index (χ4n) is 2.85. The van der Waals surface area contributed by atoms with Gasteiger partial charge in [0.2, 0.25) is 5.91 Å². The van der Waals surface area contributed by atoms with Gasteiger partial charge in [0.15, 0.2) is 5.60 Å². The minimum Gasteiger partial charge on any atom is -0.476 e. The number of ether oxygens (including phenoxy) is 1. The van der Waals surface area contributed by atoms with Crippen LogP contribution in [0, 0.1) is 6.92 Å². The first kappa shape index (κ1) is 18.5. The molecule has 1 heterocycles. The normalized spacial score (nSPS) is 15.2. The first-order valence-electron chi connectivity index (χ1n) is 8.44. The second-order valence-corrected chi connectivity index (χ2v) is 7.65. The molecule has 0 saturated heterocycles. The van der Waals surface area contributed by atoms with Gasteiger partial charge >= 0.3 is 0 Å². The highest BCUT2D eigenvalue weighted by Gasteiger charge is 2.40. The highest BCUT2D eigenvalue weighted by atomic mass is 79.9. The molecule has 0 unspecified atom stereocenters. The summed E-state index contributed by atoms with van der Waals surface area (Å²) < 4.78 is 6.73.